The van der Waals surface area contributed by atoms with Crippen LogP contribution in [0.4, 0.5) is 4.39 Å². The van der Waals surface area contributed by atoms with Crippen molar-refractivity contribution >= 4 is 21.6 Å². The van der Waals surface area contributed by atoms with E-state index in [9.17, 15) is 9.50 Å². The van der Waals surface area contributed by atoms with Crippen LogP contribution in [0, 0.1) is 19.7 Å². The van der Waals surface area contributed by atoms with Gasteiger partial charge in [-0.05, 0) is 19.9 Å². The van der Waals surface area contributed by atoms with Gasteiger partial charge in [-0.2, -0.15) is 5.10 Å². The number of hydrogen-bond acceptors (Lipinski definition) is 9. The maximum Gasteiger partial charge on any atom is 0.184 e. The molecule has 0 amide bonds. The Morgan fingerprint density at radius 1 is 1.14 bits per heavy atom. The number of aromatic nitrogens is 4. The van der Waals surface area contributed by atoms with Gasteiger partial charge in [-0.3, -0.25) is 0 Å². The van der Waals surface area contributed by atoms with Crippen LogP contribution in [-0.2, 0) is 14.2 Å². The molecule has 4 unspecified atom stereocenters. The number of aliphatic hydroxyl groups excluding tert-OH is 1. The van der Waals surface area contributed by atoms with Crippen LogP contribution >= 0.6 is 11.3 Å². The number of halogens is 1. The molecule has 2 aromatic carbocycles. The van der Waals surface area contributed by atoms with E-state index in [1.807, 2.05) is 37.3 Å². The third kappa shape index (κ3) is 3.94. The lowest BCUT2D eigenvalue weighted by Crippen LogP contribution is -2.62. The molecule has 2 aromatic heterocycles. The number of aryl methyl sites for hydroxylation is 2. The molecule has 6 rings (SSSR count). The number of fused-ring (bicyclic) bond motifs is 2. The van der Waals surface area contributed by atoms with Gasteiger partial charge in [-0.15, -0.1) is 11.3 Å². The predicted octanol–water partition coefficient (Wildman–Crippen LogP) is 2.88. The van der Waals surface area contributed by atoms with Gasteiger partial charge in [0.2, 0.25) is 0 Å². The third-order valence-electron chi connectivity index (χ3n) is 6.31. The first-order valence-corrected chi connectivity index (χ1v) is 12.1. The zero-order valence-corrected chi connectivity index (χ0v) is 19.9. The summed E-state index contributed by atoms with van der Waals surface area (Å²) in [6, 6.07) is 11.9. The van der Waals surface area contributed by atoms with E-state index in [1.165, 1.54) is 22.1 Å². The third-order valence-corrected chi connectivity index (χ3v) is 7.23. The maximum atomic E-state index is 14.8. The Morgan fingerprint density at radius 2 is 1.94 bits per heavy atom. The molecule has 35 heavy (non-hydrogen) atoms. The van der Waals surface area contributed by atoms with Crippen molar-refractivity contribution in [2.45, 2.75) is 50.6 Å². The smallest absolute Gasteiger partial charge is 0.184 e. The molecule has 0 aliphatic carbocycles. The molecule has 9 nitrogen and oxygen atoms in total. The molecule has 2 saturated heterocycles. The molecular formula is C24H24FN5O4S. The average Bonchev–Trinajstić information content (AvgIpc) is 3.43. The second-order valence-corrected chi connectivity index (χ2v) is 10.0. The molecule has 182 valence electrons. The molecule has 0 saturated carbocycles. The Morgan fingerprint density at radius 3 is 2.74 bits per heavy atom. The molecule has 3 N–H and O–H groups in total. The SMILES string of the molecule is Cc1nc([C@@H]2OC3COC(c4ccccc4)O[C@@H]3C(N)C2O)n(-c2cc(F)c3nc(C)sc3c2)n1. The van der Waals surface area contributed by atoms with Crippen molar-refractivity contribution in [3.8, 4) is 5.69 Å². The minimum Gasteiger partial charge on any atom is -0.388 e. The number of aliphatic hydroxyl groups is 1. The quantitative estimate of drug-likeness (QED) is 0.444. The summed E-state index contributed by atoms with van der Waals surface area (Å²) in [5.41, 5.74) is 8.10. The van der Waals surface area contributed by atoms with E-state index in [-0.39, 0.29) is 6.61 Å². The molecule has 2 aliphatic heterocycles. The highest BCUT2D eigenvalue weighted by Gasteiger charge is 2.49. The summed E-state index contributed by atoms with van der Waals surface area (Å²) >= 11 is 1.39. The first-order chi connectivity index (χ1) is 16.9. The van der Waals surface area contributed by atoms with Crippen LogP contribution in [0.5, 0.6) is 0 Å². The van der Waals surface area contributed by atoms with Gasteiger partial charge in [-0.1, -0.05) is 30.3 Å². The Labute approximate surface area is 204 Å². The number of hydrogen-bond donors (Lipinski definition) is 2. The van der Waals surface area contributed by atoms with Crippen LogP contribution in [-0.4, -0.2) is 55.8 Å². The van der Waals surface area contributed by atoms with E-state index in [4.69, 9.17) is 19.9 Å². The van der Waals surface area contributed by atoms with Gasteiger partial charge in [0.15, 0.2) is 17.9 Å². The van der Waals surface area contributed by atoms with Crippen LogP contribution in [0.15, 0.2) is 42.5 Å². The fourth-order valence-electron chi connectivity index (χ4n) is 4.68. The van der Waals surface area contributed by atoms with Gasteiger partial charge in [-0.25, -0.2) is 19.0 Å². The lowest BCUT2D eigenvalue weighted by molar-refractivity contribution is -0.309. The van der Waals surface area contributed by atoms with Gasteiger partial charge >= 0.3 is 0 Å². The maximum absolute atomic E-state index is 14.8. The van der Waals surface area contributed by atoms with E-state index >= 15 is 0 Å². The molecule has 0 spiro atoms. The van der Waals surface area contributed by atoms with E-state index in [2.05, 4.69) is 15.1 Å². The van der Waals surface area contributed by atoms with Crippen molar-refractivity contribution in [1.29, 1.82) is 0 Å². The van der Waals surface area contributed by atoms with Crippen molar-refractivity contribution in [3.63, 3.8) is 0 Å². The summed E-state index contributed by atoms with van der Waals surface area (Å²) in [5.74, 6) is 0.325. The zero-order valence-electron chi connectivity index (χ0n) is 19.0. The second kappa shape index (κ2) is 8.70. The first-order valence-electron chi connectivity index (χ1n) is 11.3. The number of rotatable bonds is 3. The Bertz CT molecular complexity index is 1380. The van der Waals surface area contributed by atoms with E-state index in [1.54, 1.807) is 13.0 Å². The topological polar surface area (TPSA) is 118 Å². The fraction of sp³-hybridized carbons (Fsp3) is 0.375. The summed E-state index contributed by atoms with van der Waals surface area (Å²) in [7, 11) is 0. The lowest BCUT2D eigenvalue weighted by Gasteiger charge is -2.46. The molecule has 6 atom stereocenters. The number of nitrogens with two attached hydrogens (primary N) is 1. The van der Waals surface area contributed by atoms with E-state index < -0.39 is 42.6 Å². The summed E-state index contributed by atoms with van der Waals surface area (Å²) in [5, 5.41) is 16.4. The van der Waals surface area contributed by atoms with Crippen LogP contribution < -0.4 is 5.73 Å². The van der Waals surface area contributed by atoms with Crippen LogP contribution in [0.1, 0.15) is 34.6 Å². The fourth-order valence-corrected chi connectivity index (χ4v) is 5.55. The molecular weight excluding hydrogens is 473 g/mol. The average molecular weight is 498 g/mol. The van der Waals surface area contributed by atoms with E-state index in [0.717, 1.165) is 10.6 Å². The molecule has 0 bridgehead atoms. The molecule has 0 radical (unpaired) electrons. The minimum absolute atomic E-state index is 0.231. The molecule has 2 aliphatic rings. The van der Waals surface area contributed by atoms with Crippen molar-refractivity contribution in [2.24, 2.45) is 5.73 Å². The van der Waals surface area contributed by atoms with Gasteiger partial charge < -0.3 is 25.1 Å². The highest BCUT2D eigenvalue weighted by Crippen LogP contribution is 2.38. The Hall–Kier alpha value is -2.80. The second-order valence-electron chi connectivity index (χ2n) is 8.78. The number of thiazole rings is 1. The molecule has 2 fully saturated rings. The monoisotopic (exact) mass is 497 g/mol. The number of nitrogens with zero attached hydrogens (tertiary/aromatic N) is 4. The molecule has 4 heterocycles. The van der Waals surface area contributed by atoms with Crippen molar-refractivity contribution in [1.82, 2.24) is 19.7 Å². The van der Waals surface area contributed by atoms with Gasteiger partial charge in [0.1, 0.15) is 35.8 Å². The first kappa shape index (κ1) is 22.7. The highest BCUT2D eigenvalue weighted by atomic mass is 32.1. The van der Waals surface area contributed by atoms with Crippen molar-refractivity contribution < 1.29 is 23.7 Å². The zero-order chi connectivity index (χ0) is 24.3. The summed E-state index contributed by atoms with van der Waals surface area (Å²) in [6.45, 7) is 3.78. The normalized spacial score (nSPS) is 28.8. The standard InChI is InChI=1S/C24H24FN5O4S/c1-11-27-23(30(29-11)14-8-15(25)19-17(9-14)35-12(2)28-19)22-20(31)18(26)21-16(33-22)10-32-24(34-21)13-6-4-3-5-7-13/h3-9,16,18,20-22,24,31H,10,26H2,1-2H3/t16?,18?,20?,21-,22+,24?/m0/s1. The van der Waals surface area contributed by atoms with Crippen molar-refractivity contribution in [3.05, 3.63) is 70.5 Å². The lowest BCUT2D eigenvalue weighted by atomic mass is 9.92. The highest BCUT2D eigenvalue weighted by molar-refractivity contribution is 7.18. The summed E-state index contributed by atoms with van der Waals surface area (Å²) in [6.07, 6.45) is -3.74. The van der Waals surface area contributed by atoms with Gasteiger partial charge in [0.25, 0.3) is 0 Å². The number of benzene rings is 2. The Balaban J connectivity index is 1.31. The largest absolute Gasteiger partial charge is 0.388 e. The van der Waals surface area contributed by atoms with E-state index in [0.29, 0.717) is 27.6 Å². The Kier molecular flexibility index (Phi) is 5.63. The van der Waals surface area contributed by atoms with Crippen LogP contribution in [0.3, 0.4) is 0 Å². The van der Waals surface area contributed by atoms with Crippen molar-refractivity contribution in [2.75, 3.05) is 6.61 Å². The minimum atomic E-state index is -1.13. The van der Waals surface area contributed by atoms with Gasteiger partial charge in [0.05, 0.1) is 28.0 Å². The molecule has 11 heteroatoms. The number of ether oxygens (including phenoxy) is 3. The molecule has 4 aromatic rings. The van der Waals surface area contributed by atoms with Gasteiger partial charge in [0, 0.05) is 11.6 Å². The predicted molar refractivity (Wildman–Crippen MR) is 126 cm³/mol. The summed E-state index contributed by atoms with van der Waals surface area (Å²) in [4.78, 5) is 8.75. The van der Waals surface area contributed by atoms with Crippen LogP contribution in [0.25, 0.3) is 15.9 Å². The van der Waals surface area contributed by atoms with Crippen LogP contribution in [0.2, 0.25) is 0 Å². The summed E-state index contributed by atoms with van der Waals surface area (Å²) < 4.78 is 35.2.